The summed E-state index contributed by atoms with van der Waals surface area (Å²) in [7, 11) is 0. The van der Waals surface area contributed by atoms with Crippen molar-refractivity contribution in [1.29, 1.82) is 0 Å². The Morgan fingerprint density at radius 1 is 1.10 bits per heavy atom. The Labute approximate surface area is 136 Å². The average Bonchev–Trinajstić information content (AvgIpc) is 2.43. The fraction of sp³-hybridized carbons (Fsp3) is 0. The van der Waals surface area contributed by atoms with Crippen LogP contribution < -0.4 is 10.6 Å². The van der Waals surface area contributed by atoms with Crippen molar-refractivity contribution in [3.63, 3.8) is 0 Å². The number of nitro groups is 1. The number of nitrogens with one attached hydrogen (secondary N) is 2. The van der Waals surface area contributed by atoms with Gasteiger partial charge in [-0.15, -0.1) is 0 Å². The SMILES string of the molecule is O=[N+]([O-])c1ccc(Cl)c(NC(=S)Nc2ccc(Cl)cc2)c1. The van der Waals surface area contributed by atoms with Gasteiger partial charge in [0.15, 0.2) is 5.11 Å². The molecule has 5 nitrogen and oxygen atoms in total. The smallest absolute Gasteiger partial charge is 0.271 e. The molecule has 108 valence electrons. The molecule has 2 aromatic rings. The third-order valence-corrected chi connectivity index (χ3v) is 3.30. The van der Waals surface area contributed by atoms with Crippen molar-refractivity contribution in [2.45, 2.75) is 0 Å². The molecule has 0 spiro atoms. The summed E-state index contributed by atoms with van der Waals surface area (Å²) in [4.78, 5) is 10.2. The molecule has 21 heavy (non-hydrogen) atoms. The minimum atomic E-state index is -0.503. The monoisotopic (exact) mass is 341 g/mol. The molecule has 2 rings (SSSR count). The van der Waals surface area contributed by atoms with Gasteiger partial charge in [0.25, 0.3) is 5.69 Å². The van der Waals surface area contributed by atoms with E-state index in [0.29, 0.717) is 15.7 Å². The summed E-state index contributed by atoms with van der Waals surface area (Å²) in [6.07, 6.45) is 0. The molecule has 0 bridgehead atoms. The van der Waals surface area contributed by atoms with Gasteiger partial charge >= 0.3 is 0 Å². The third kappa shape index (κ3) is 4.29. The van der Waals surface area contributed by atoms with Crippen molar-refractivity contribution in [2.75, 3.05) is 10.6 Å². The third-order valence-electron chi connectivity index (χ3n) is 2.51. The number of nitrogens with zero attached hydrogens (tertiary/aromatic N) is 1. The van der Waals surface area contributed by atoms with Crippen LogP contribution in [0.2, 0.25) is 10.0 Å². The summed E-state index contributed by atoms with van der Waals surface area (Å²) in [5, 5.41) is 17.7. The Kier molecular flexibility index (Phi) is 4.95. The topological polar surface area (TPSA) is 67.2 Å². The molecule has 0 aliphatic heterocycles. The van der Waals surface area contributed by atoms with Crippen LogP contribution in [0.5, 0.6) is 0 Å². The Bertz CT molecular complexity index is 692. The molecule has 2 N–H and O–H groups in total. The molecule has 0 unspecified atom stereocenters. The fourth-order valence-electron chi connectivity index (χ4n) is 1.54. The molecule has 0 saturated heterocycles. The van der Waals surface area contributed by atoms with Crippen LogP contribution in [0, 0.1) is 10.1 Å². The summed E-state index contributed by atoms with van der Waals surface area (Å²) < 4.78 is 0. The van der Waals surface area contributed by atoms with E-state index in [1.165, 1.54) is 18.2 Å². The number of anilines is 2. The van der Waals surface area contributed by atoms with Crippen molar-refractivity contribution in [3.8, 4) is 0 Å². The van der Waals surface area contributed by atoms with Crippen LogP contribution in [0.1, 0.15) is 0 Å². The maximum Gasteiger partial charge on any atom is 0.271 e. The van der Waals surface area contributed by atoms with E-state index in [0.717, 1.165) is 5.69 Å². The Hall–Kier alpha value is -1.89. The van der Waals surface area contributed by atoms with Crippen molar-refractivity contribution in [2.24, 2.45) is 0 Å². The predicted molar refractivity (Wildman–Crippen MR) is 89.4 cm³/mol. The van der Waals surface area contributed by atoms with Gasteiger partial charge in [-0.2, -0.15) is 0 Å². The van der Waals surface area contributed by atoms with E-state index < -0.39 is 4.92 Å². The van der Waals surface area contributed by atoms with Crippen LogP contribution in [0.4, 0.5) is 17.1 Å². The Balaban J connectivity index is 2.10. The first-order valence-corrected chi connectivity index (χ1v) is 6.89. The largest absolute Gasteiger partial charge is 0.332 e. The molecular weight excluding hydrogens is 333 g/mol. The molecule has 0 heterocycles. The van der Waals surface area contributed by atoms with E-state index in [-0.39, 0.29) is 10.8 Å². The molecular formula is C13H9Cl2N3O2S. The second kappa shape index (κ2) is 6.71. The number of nitro benzene ring substituents is 1. The van der Waals surface area contributed by atoms with E-state index in [9.17, 15) is 10.1 Å². The lowest BCUT2D eigenvalue weighted by molar-refractivity contribution is -0.384. The lowest BCUT2D eigenvalue weighted by Crippen LogP contribution is -2.19. The van der Waals surface area contributed by atoms with Crippen molar-refractivity contribution < 1.29 is 4.92 Å². The number of benzene rings is 2. The molecule has 0 amide bonds. The van der Waals surface area contributed by atoms with E-state index >= 15 is 0 Å². The summed E-state index contributed by atoms with van der Waals surface area (Å²) in [6, 6.07) is 11.0. The number of non-ortho nitro benzene ring substituents is 1. The van der Waals surface area contributed by atoms with Gasteiger partial charge in [0.05, 0.1) is 15.6 Å². The summed E-state index contributed by atoms with van der Waals surface area (Å²) in [6.45, 7) is 0. The molecule has 0 fully saturated rings. The normalized spacial score (nSPS) is 10.0. The zero-order chi connectivity index (χ0) is 15.4. The standard InChI is InChI=1S/C13H9Cl2N3O2S/c14-8-1-3-9(4-2-8)16-13(21)17-12-7-10(18(19)20)5-6-11(12)15/h1-7H,(H2,16,17,21). The molecule has 0 radical (unpaired) electrons. The predicted octanol–water partition coefficient (Wildman–Crippen LogP) is 4.71. The summed E-state index contributed by atoms with van der Waals surface area (Å²) >= 11 is 16.9. The van der Waals surface area contributed by atoms with Crippen LogP contribution >= 0.6 is 35.4 Å². The van der Waals surface area contributed by atoms with Gasteiger partial charge in [-0.1, -0.05) is 23.2 Å². The minimum Gasteiger partial charge on any atom is -0.332 e. The number of halogens is 2. The van der Waals surface area contributed by atoms with Crippen LogP contribution in [-0.4, -0.2) is 10.0 Å². The maximum absolute atomic E-state index is 10.7. The second-order valence-electron chi connectivity index (χ2n) is 4.01. The van der Waals surface area contributed by atoms with Gasteiger partial charge < -0.3 is 10.6 Å². The van der Waals surface area contributed by atoms with Crippen LogP contribution in [0.25, 0.3) is 0 Å². The van der Waals surface area contributed by atoms with E-state index in [4.69, 9.17) is 35.4 Å². The van der Waals surface area contributed by atoms with Crippen LogP contribution in [0.3, 0.4) is 0 Å². The first-order chi connectivity index (χ1) is 9.95. The number of hydrogen-bond donors (Lipinski definition) is 2. The van der Waals surface area contributed by atoms with Crippen LogP contribution in [-0.2, 0) is 0 Å². The zero-order valence-electron chi connectivity index (χ0n) is 10.5. The van der Waals surface area contributed by atoms with E-state index in [2.05, 4.69) is 10.6 Å². The molecule has 0 saturated carbocycles. The minimum absolute atomic E-state index is 0.0730. The second-order valence-corrected chi connectivity index (χ2v) is 5.26. The molecule has 0 aliphatic rings. The molecule has 0 aromatic heterocycles. The quantitative estimate of drug-likeness (QED) is 0.480. The van der Waals surface area contributed by atoms with Crippen molar-refractivity contribution in [1.82, 2.24) is 0 Å². The highest BCUT2D eigenvalue weighted by molar-refractivity contribution is 7.80. The molecule has 2 aromatic carbocycles. The maximum atomic E-state index is 10.7. The van der Waals surface area contributed by atoms with Gasteiger partial charge in [0, 0.05) is 22.8 Å². The molecule has 8 heteroatoms. The fourth-order valence-corrected chi connectivity index (χ4v) is 2.06. The highest BCUT2D eigenvalue weighted by atomic mass is 35.5. The van der Waals surface area contributed by atoms with Gasteiger partial charge in [-0.05, 0) is 42.5 Å². The highest BCUT2D eigenvalue weighted by Gasteiger charge is 2.10. The molecule has 0 atom stereocenters. The van der Waals surface area contributed by atoms with E-state index in [1.54, 1.807) is 24.3 Å². The Morgan fingerprint density at radius 2 is 1.76 bits per heavy atom. The van der Waals surface area contributed by atoms with Crippen LogP contribution in [0.15, 0.2) is 42.5 Å². The highest BCUT2D eigenvalue weighted by Crippen LogP contribution is 2.26. The van der Waals surface area contributed by atoms with Crippen molar-refractivity contribution >= 4 is 57.6 Å². The zero-order valence-corrected chi connectivity index (χ0v) is 12.8. The van der Waals surface area contributed by atoms with Gasteiger partial charge in [-0.25, -0.2) is 0 Å². The first-order valence-electron chi connectivity index (χ1n) is 5.73. The van der Waals surface area contributed by atoms with Gasteiger partial charge in [0.2, 0.25) is 0 Å². The number of thiocarbonyl (C=S) groups is 1. The van der Waals surface area contributed by atoms with E-state index in [1.807, 2.05) is 0 Å². The lowest BCUT2D eigenvalue weighted by Gasteiger charge is -2.11. The van der Waals surface area contributed by atoms with Crippen molar-refractivity contribution in [3.05, 3.63) is 62.6 Å². The number of rotatable bonds is 3. The van der Waals surface area contributed by atoms with Gasteiger partial charge in [-0.3, -0.25) is 10.1 Å². The first kappa shape index (κ1) is 15.5. The van der Waals surface area contributed by atoms with Gasteiger partial charge in [0.1, 0.15) is 0 Å². The lowest BCUT2D eigenvalue weighted by atomic mass is 10.3. The average molecular weight is 342 g/mol. The number of hydrogen-bond acceptors (Lipinski definition) is 3. The molecule has 0 aliphatic carbocycles. The summed E-state index contributed by atoms with van der Waals surface area (Å²) in [5.41, 5.74) is 1.02. The Morgan fingerprint density at radius 3 is 2.38 bits per heavy atom. The summed E-state index contributed by atoms with van der Waals surface area (Å²) in [5.74, 6) is 0.